The van der Waals surface area contributed by atoms with Gasteiger partial charge in [0.25, 0.3) is 5.24 Å². The maximum Gasteiger partial charge on any atom is 0.291 e. The summed E-state index contributed by atoms with van der Waals surface area (Å²) >= 11 is 6.47. The Labute approximate surface area is 172 Å². The van der Waals surface area contributed by atoms with Crippen molar-refractivity contribution in [1.29, 1.82) is 0 Å². The predicted octanol–water partition coefficient (Wildman–Crippen LogP) is 4.27. The first-order chi connectivity index (χ1) is 13.5. The van der Waals surface area contributed by atoms with E-state index in [0.717, 1.165) is 23.1 Å². The number of nitrogens with zero attached hydrogens (tertiary/aromatic N) is 1. The van der Waals surface area contributed by atoms with Crippen LogP contribution in [0.5, 0.6) is 11.5 Å². The minimum Gasteiger partial charge on any atom is -0.508 e. The summed E-state index contributed by atoms with van der Waals surface area (Å²) in [7, 11) is 1.60. The standard InChI is InChI=1S/C20H18N2O4S2/c1-26-16-7-5-13(6-8-16)11-17-19(27)22(20(25)28-17)10-9-18(24)21-14-3-2-4-15(23)12-14/h2-8,11-12,23H,9-10H2,1H3,(H,21,24)/b17-11+. The van der Waals surface area contributed by atoms with Gasteiger partial charge in [-0.15, -0.1) is 0 Å². The second-order valence-electron chi connectivity index (χ2n) is 5.96. The number of benzene rings is 2. The Balaban J connectivity index is 1.60. The Morgan fingerprint density at radius 3 is 2.71 bits per heavy atom. The predicted molar refractivity (Wildman–Crippen MR) is 115 cm³/mol. The molecule has 0 aromatic heterocycles. The lowest BCUT2D eigenvalue weighted by Crippen LogP contribution is -2.30. The minimum absolute atomic E-state index is 0.0680. The number of anilines is 1. The molecule has 2 amide bonds. The van der Waals surface area contributed by atoms with Crippen molar-refractivity contribution < 1.29 is 19.4 Å². The molecule has 6 nitrogen and oxygen atoms in total. The fourth-order valence-electron chi connectivity index (χ4n) is 2.56. The fourth-order valence-corrected chi connectivity index (χ4v) is 3.85. The smallest absolute Gasteiger partial charge is 0.291 e. The van der Waals surface area contributed by atoms with Gasteiger partial charge < -0.3 is 15.2 Å². The molecule has 1 heterocycles. The second-order valence-corrected chi connectivity index (χ2v) is 7.33. The number of hydrogen-bond acceptors (Lipinski definition) is 6. The molecule has 0 radical (unpaired) electrons. The number of thiocarbonyl (C=S) groups is 1. The van der Waals surface area contributed by atoms with Crippen molar-refractivity contribution in [3.8, 4) is 11.5 Å². The number of hydrogen-bond donors (Lipinski definition) is 2. The maximum atomic E-state index is 12.3. The highest BCUT2D eigenvalue weighted by molar-refractivity contribution is 8.19. The van der Waals surface area contributed by atoms with E-state index in [1.165, 1.54) is 17.0 Å². The maximum absolute atomic E-state index is 12.3. The van der Waals surface area contributed by atoms with Gasteiger partial charge in [0.1, 0.15) is 16.5 Å². The summed E-state index contributed by atoms with van der Waals surface area (Å²) in [6.07, 6.45) is 1.94. The van der Waals surface area contributed by atoms with E-state index in [2.05, 4.69) is 5.32 Å². The van der Waals surface area contributed by atoms with E-state index in [-0.39, 0.29) is 29.9 Å². The van der Waals surface area contributed by atoms with Crippen LogP contribution in [-0.2, 0) is 4.79 Å². The largest absolute Gasteiger partial charge is 0.508 e. The molecule has 144 valence electrons. The molecule has 2 aromatic carbocycles. The van der Waals surface area contributed by atoms with Crippen molar-refractivity contribution in [1.82, 2.24) is 4.90 Å². The molecule has 1 fully saturated rings. The first-order valence-electron chi connectivity index (χ1n) is 8.44. The Kier molecular flexibility index (Phi) is 6.33. The first-order valence-corrected chi connectivity index (χ1v) is 9.67. The number of rotatable bonds is 6. The lowest BCUT2D eigenvalue weighted by Gasteiger charge is -2.14. The molecule has 28 heavy (non-hydrogen) atoms. The van der Waals surface area contributed by atoms with Crippen molar-refractivity contribution in [3.05, 3.63) is 59.0 Å². The number of phenols is 1. The van der Waals surface area contributed by atoms with Crippen LogP contribution in [0.25, 0.3) is 6.08 Å². The van der Waals surface area contributed by atoms with Crippen molar-refractivity contribution in [2.75, 3.05) is 19.0 Å². The van der Waals surface area contributed by atoms with E-state index in [0.29, 0.717) is 15.6 Å². The number of thioether (sulfide) groups is 1. The molecule has 1 saturated heterocycles. The zero-order chi connectivity index (χ0) is 20.1. The number of carbonyl (C=O) groups excluding carboxylic acids is 2. The Morgan fingerprint density at radius 1 is 1.29 bits per heavy atom. The van der Waals surface area contributed by atoms with Gasteiger partial charge in [0.05, 0.1) is 12.0 Å². The number of methoxy groups -OCH3 is 1. The lowest BCUT2D eigenvalue weighted by atomic mass is 10.2. The molecule has 2 N–H and O–H groups in total. The van der Waals surface area contributed by atoms with Crippen LogP contribution in [-0.4, -0.2) is 39.8 Å². The zero-order valence-electron chi connectivity index (χ0n) is 15.0. The summed E-state index contributed by atoms with van der Waals surface area (Å²) < 4.78 is 5.13. The summed E-state index contributed by atoms with van der Waals surface area (Å²) in [5.41, 5.74) is 1.40. The SMILES string of the molecule is COc1ccc(/C=C2/SC(=O)N(CCC(=O)Nc3cccc(O)c3)C2=S)cc1. The Hall–Kier alpha value is -2.84. The van der Waals surface area contributed by atoms with Gasteiger partial charge >= 0.3 is 0 Å². The van der Waals surface area contributed by atoms with Gasteiger partial charge in [-0.3, -0.25) is 14.5 Å². The van der Waals surface area contributed by atoms with Crippen LogP contribution in [0.1, 0.15) is 12.0 Å². The van der Waals surface area contributed by atoms with Crippen molar-refractivity contribution in [2.24, 2.45) is 0 Å². The van der Waals surface area contributed by atoms with Gasteiger partial charge in [-0.2, -0.15) is 0 Å². The molecule has 0 bridgehead atoms. The molecule has 2 aromatic rings. The Morgan fingerprint density at radius 2 is 2.04 bits per heavy atom. The summed E-state index contributed by atoms with van der Waals surface area (Å²) in [5.74, 6) is 0.552. The van der Waals surface area contributed by atoms with Gasteiger partial charge in [-0.05, 0) is 47.7 Å². The lowest BCUT2D eigenvalue weighted by molar-refractivity contribution is -0.116. The third kappa shape index (κ3) is 4.90. The summed E-state index contributed by atoms with van der Waals surface area (Å²) in [5, 5.41) is 11.9. The van der Waals surface area contributed by atoms with Gasteiger partial charge in [0, 0.05) is 24.7 Å². The van der Waals surface area contributed by atoms with Gasteiger partial charge in [0.2, 0.25) is 5.91 Å². The number of nitrogens with one attached hydrogen (secondary N) is 1. The van der Waals surface area contributed by atoms with E-state index in [9.17, 15) is 14.7 Å². The third-order valence-corrected chi connectivity index (χ3v) is 5.48. The number of carbonyl (C=O) groups is 2. The van der Waals surface area contributed by atoms with Crippen LogP contribution in [0, 0.1) is 0 Å². The molecule has 1 aliphatic heterocycles. The van der Waals surface area contributed by atoms with Crippen LogP contribution in [0.4, 0.5) is 10.5 Å². The molecule has 8 heteroatoms. The van der Waals surface area contributed by atoms with Crippen LogP contribution < -0.4 is 10.1 Å². The number of amides is 2. The first kappa shape index (κ1) is 19.9. The highest BCUT2D eigenvalue weighted by Gasteiger charge is 2.31. The molecule has 0 saturated carbocycles. The van der Waals surface area contributed by atoms with Gasteiger partial charge in [0.15, 0.2) is 0 Å². The Bertz CT molecular complexity index is 941. The van der Waals surface area contributed by atoms with Crippen LogP contribution in [0.3, 0.4) is 0 Å². The van der Waals surface area contributed by atoms with Crippen molar-refractivity contribution in [3.63, 3.8) is 0 Å². The fraction of sp³-hybridized carbons (Fsp3) is 0.150. The van der Waals surface area contributed by atoms with E-state index >= 15 is 0 Å². The van der Waals surface area contributed by atoms with Crippen LogP contribution >= 0.6 is 24.0 Å². The quantitative estimate of drug-likeness (QED) is 0.543. The van der Waals surface area contributed by atoms with Gasteiger partial charge in [-0.25, -0.2) is 0 Å². The average Bonchev–Trinajstić information content (AvgIpc) is 2.93. The molecular weight excluding hydrogens is 396 g/mol. The van der Waals surface area contributed by atoms with Crippen LogP contribution in [0.15, 0.2) is 53.4 Å². The number of phenolic OH excluding ortho intramolecular Hbond substituents is 1. The minimum atomic E-state index is -0.265. The average molecular weight is 415 g/mol. The van der Waals surface area contributed by atoms with E-state index < -0.39 is 0 Å². The molecule has 0 spiro atoms. The van der Waals surface area contributed by atoms with Crippen molar-refractivity contribution >= 4 is 51.9 Å². The highest BCUT2D eigenvalue weighted by atomic mass is 32.2. The van der Waals surface area contributed by atoms with Crippen molar-refractivity contribution in [2.45, 2.75) is 6.42 Å². The van der Waals surface area contributed by atoms with E-state index in [1.54, 1.807) is 19.2 Å². The second kappa shape index (κ2) is 8.90. The summed E-state index contributed by atoms with van der Waals surface area (Å²) in [4.78, 5) is 26.9. The van der Waals surface area contributed by atoms with E-state index in [1.807, 2.05) is 30.3 Å². The summed E-state index contributed by atoms with van der Waals surface area (Å²) in [6.45, 7) is 0.190. The molecule has 0 atom stereocenters. The third-order valence-electron chi connectivity index (χ3n) is 3.98. The van der Waals surface area contributed by atoms with E-state index in [4.69, 9.17) is 17.0 Å². The highest BCUT2D eigenvalue weighted by Crippen LogP contribution is 2.33. The molecule has 1 aliphatic rings. The van der Waals surface area contributed by atoms with Gasteiger partial charge in [-0.1, -0.05) is 30.4 Å². The number of ether oxygens (including phenoxy) is 1. The zero-order valence-corrected chi connectivity index (χ0v) is 16.7. The molecule has 0 unspecified atom stereocenters. The topological polar surface area (TPSA) is 78.9 Å². The number of aromatic hydroxyl groups is 1. The molecule has 0 aliphatic carbocycles. The monoisotopic (exact) mass is 414 g/mol. The normalized spacial score (nSPS) is 15.2. The molecular formula is C20H18N2O4S2. The van der Waals surface area contributed by atoms with Crippen LogP contribution in [0.2, 0.25) is 0 Å². The summed E-state index contributed by atoms with van der Waals surface area (Å²) in [6, 6.07) is 13.7. The molecule has 3 rings (SSSR count).